The molecule has 6 nitrogen and oxygen atoms in total. The van der Waals surface area contributed by atoms with E-state index in [1.807, 2.05) is 42.1 Å². The van der Waals surface area contributed by atoms with Gasteiger partial charge in [0.2, 0.25) is 11.8 Å². The van der Waals surface area contributed by atoms with E-state index in [0.717, 1.165) is 16.3 Å². The Kier molecular flexibility index (Phi) is 4.11. The Morgan fingerprint density at radius 1 is 1.27 bits per heavy atom. The maximum atomic E-state index is 5.88. The third-order valence-electron chi connectivity index (χ3n) is 3.19. The number of hydrogen-bond donors (Lipinski definition) is 1. The first-order valence-electron chi connectivity index (χ1n) is 6.93. The smallest absolute Gasteiger partial charge is 0.238 e. The highest BCUT2D eigenvalue weighted by atomic mass is 35.5. The molecule has 0 unspecified atom stereocenters. The Morgan fingerprint density at radius 3 is 2.73 bits per heavy atom. The zero-order valence-electron chi connectivity index (χ0n) is 12.3. The summed E-state index contributed by atoms with van der Waals surface area (Å²) >= 11 is 5.88. The minimum absolute atomic E-state index is 0.0746. The number of anilines is 1. The van der Waals surface area contributed by atoms with E-state index >= 15 is 0 Å². The van der Waals surface area contributed by atoms with Crippen molar-refractivity contribution < 1.29 is 4.42 Å². The van der Waals surface area contributed by atoms with Gasteiger partial charge in [-0.2, -0.15) is 5.10 Å². The maximum absolute atomic E-state index is 5.88. The van der Waals surface area contributed by atoms with Crippen LogP contribution in [0.25, 0.3) is 0 Å². The van der Waals surface area contributed by atoms with Gasteiger partial charge in [0, 0.05) is 18.1 Å². The highest BCUT2D eigenvalue weighted by Gasteiger charge is 2.13. The van der Waals surface area contributed by atoms with Crippen LogP contribution >= 0.6 is 11.6 Å². The first-order chi connectivity index (χ1) is 10.6. The average molecular weight is 318 g/mol. The fourth-order valence-electron chi connectivity index (χ4n) is 2.10. The number of nitrogens with zero attached hydrogens (tertiary/aromatic N) is 4. The molecule has 0 radical (unpaired) electrons. The van der Waals surface area contributed by atoms with Crippen molar-refractivity contribution in [1.82, 2.24) is 20.0 Å². The number of benzene rings is 1. The molecule has 1 N–H and O–H groups in total. The zero-order chi connectivity index (χ0) is 15.5. The van der Waals surface area contributed by atoms with Crippen LogP contribution in [0.1, 0.15) is 30.3 Å². The molecule has 1 atom stereocenters. The quantitative estimate of drug-likeness (QED) is 0.780. The Bertz CT molecular complexity index is 749. The summed E-state index contributed by atoms with van der Waals surface area (Å²) in [6.45, 7) is 4.42. The van der Waals surface area contributed by atoms with Crippen LogP contribution in [0.5, 0.6) is 0 Å². The molecule has 114 valence electrons. The van der Waals surface area contributed by atoms with E-state index < -0.39 is 0 Å². The molecule has 0 saturated carbocycles. The first kappa shape index (κ1) is 14.6. The second-order valence-corrected chi connectivity index (χ2v) is 5.51. The SMILES string of the molecule is Cc1nnc([C@H](C)Nc2cnn(Cc3ccc(Cl)cc3)c2)o1. The van der Waals surface area contributed by atoms with Crippen LogP contribution in [0.4, 0.5) is 5.69 Å². The molecule has 0 aliphatic heterocycles. The van der Waals surface area contributed by atoms with Gasteiger partial charge in [0.25, 0.3) is 0 Å². The Morgan fingerprint density at radius 2 is 2.05 bits per heavy atom. The number of halogens is 1. The lowest BCUT2D eigenvalue weighted by Gasteiger charge is -2.08. The second kappa shape index (κ2) is 6.19. The average Bonchev–Trinajstić information content (AvgIpc) is 3.11. The third-order valence-corrected chi connectivity index (χ3v) is 3.44. The molecule has 2 aromatic heterocycles. The lowest BCUT2D eigenvalue weighted by atomic mass is 10.2. The van der Waals surface area contributed by atoms with E-state index in [2.05, 4.69) is 20.6 Å². The standard InChI is InChI=1S/C15H16ClN5O/c1-10(15-20-19-11(2)22-15)18-14-7-17-21(9-14)8-12-3-5-13(16)6-4-12/h3-7,9-10,18H,8H2,1-2H3/t10-/m0/s1. The van der Waals surface area contributed by atoms with E-state index in [4.69, 9.17) is 16.0 Å². The van der Waals surface area contributed by atoms with Gasteiger partial charge in [-0.05, 0) is 24.6 Å². The molecule has 2 heterocycles. The van der Waals surface area contributed by atoms with Gasteiger partial charge in [0.15, 0.2) is 0 Å². The van der Waals surface area contributed by atoms with Gasteiger partial charge in [-0.15, -0.1) is 10.2 Å². The van der Waals surface area contributed by atoms with E-state index in [1.165, 1.54) is 0 Å². The molecule has 0 saturated heterocycles. The van der Waals surface area contributed by atoms with Crippen molar-refractivity contribution in [1.29, 1.82) is 0 Å². The predicted octanol–water partition coefficient (Wildman–Crippen LogP) is 3.45. The van der Waals surface area contributed by atoms with Crippen molar-refractivity contribution in [3.8, 4) is 0 Å². The number of aromatic nitrogens is 4. The predicted molar refractivity (Wildman–Crippen MR) is 83.9 cm³/mol. The van der Waals surface area contributed by atoms with Crippen LogP contribution < -0.4 is 5.32 Å². The summed E-state index contributed by atoms with van der Waals surface area (Å²) in [5.41, 5.74) is 2.04. The van der Waals surface area contributed by atoms with Gasteiger partial charge in [0.05, 0.1) is 18.4 Å². The highest BCUT2D eigenvalue weighted by Crippen LogP contribution is 2.18. The van der Waals surface area contributed by atoms with Crippen molar-refractivity contribution in [2.45, 2.75) is 26.4 Å². The zero-order valence-corrected chi connectivity index (χ0v) is 13.1. The molecule has 7 heteroatoms. The van der Waals surface area contributed by atoms with Gasteiger partial charge in [-0.25, -0.2) is 0 Å². The molecule has 22 heavy (non-hydrogen) atoms. The minimum atomic E-state index is -0.0746. The molecule has 0 aliphatic carbocycles. The van der Waals surface area contributed by atoms with Crippen molar-refractivity contribution >= 4 is 17.3 Å². The van der Waals surface area contributed by atoms with Crippen LogP contribution in [0, 0.1) is 6.92 Å². The molecule has 0 fully saturated rings. The van der Waals surface area contributed by atoms with Crippen molar-refractivity contribution in [2.75, 3.05) is 5.32 Å². The van der Waals surface area contributed by atoms with Crippen LogP contribution in [0.15, 0.2) is 41.1 Å². The van der Waals surface area contributed by atoms with Crippen LogP contribution in [0.2, 0.25) is 5.02 Å². The molecular weight excluding hydrogens is 302 g/mol. The fraction of sp³-hybridized carbons (Fsp3) is 0.267. The number of rotatable bonds is 5. The van der Waals surface area contributed by atoms with Crippen molar-refractivity contribution in [2.24, 2.45) is 0 Å². The van der Waals surface area contributed by atoms with Gasteiger partial charge in [0.1, 0.15) is 6.04 Å². The van der Waals surface area contributed by atoms with Crippen molar-refractivity contribution in [3.05, 3.63) is 59.0 Å². The maximum Gasteiger partial charge on any atom is 0.238 e. The molecule has 0 spiro atoms. The van der Waals surface area contributed by atoms with E-state index in [-0.39, 0.29) is 6.04 Å². The van der Waals surface area contributed by atoms with Gasteiger partial charge in [-0.1, -0.05) is 23.7 Å². The van der Waals surface area contributed by atoms with Crippen LogP contribution in [-0.2, 0) is 6.54 Å². The number of hydrogen-bond acceptors (Lipinski definition) is 5. The van der Waals surface area contributed by atoms with Gasteiger partial charge >= 0.3 is 0 Å². The monoisotopic (exact) mass is 317 g/mol. The Hall–Kier alpha value is -2.34. The number of aryl methyl sites for hydroxylation is 1. The highest BCUT2D eigenvalue weighted by molar-refractivity contribution is 6.30. The second-order valence-electron chi connectivity index (χ2n) is 5.08. The third kappa shape index (κ3) is 3.46. The number of nitrogens with one attached hydrogen (secondary N) is 1. The largest absolute Gasteiger partial charge is 0.423 e. The van der Waals surface area contributed by atoms with E-state index in [1.54, 1.807) is 13.1 Å². The van der Waals surface area contributed by atoms with Crippen LogP contribution in [-0.4, -0.2) is 20.0 Å². The summed E-state index contributed by atoms with van der Waals surface area (Å²) in [6, 6.07) is 7.65. The molecule has 3 rings (SSSR count). The lowest BCUT2D eigenvalue weighted by molar-refractivity contribution is 0.451. The normalized spacial score (nSPS) is 12.3. The molecule has 0 aliphatic rings. The van der Waals surface area contributed by atoms with Gasteiger partial charge < -0.3 is 9.73 Å². The molecular formula is C15H16ClN5O. The molecule has 0 bridgehead atoms. The summed E-state index contributed by atoms with van der Waals surface area (Å²) in [5, 5.41) is 16.2. The lowest BCUT2D eigenvalue weighted by Crippen LogP contribution is -2.06. The van der Waals surface area contributed by atoms with Crippen molar-refractivity contribution in [3.63, 3.8) is 0 Å². The summed E-state index contributed by atoms with van der Waals surface area (Å²) in [7, 11) is 0. The Labute approximate surface area is 133 Å². The molecule has 3 aromatic rings. The summed E-state index contributed by atoms with van der Waals surface area (Å²) in [4.78, 5) is 0. The first-order valence-corrected chi connectivity index (χ1v) is 7.31. The Balaban J connectivity index is 1.64. The minimum Gasteiger partial charge on any atom is -0.423 e. The topological polar surface area (TPSA) is 68.8 Å². The van der Waals surface area contributed by atoms with Crippen LogP contribution in [0.3, 0.4) is 0 Å². The van der Waals surface area contributed by atoms with E-state index in [0.29, 0.717) is 18.3 Å². The summed E-state index contributed by atoms with van der Waals surface area (Å²) < 4.78 is 7.27. The van der Waals surface area contributed by atoms with Gasteiger partial charge in [-0.3, -0.25) is 4.68 Å². The summed E-state index contributed by atoms with van der Waals surface area (Å²) in [5.74, 6) is 1.12. The van der Waals surface area contributed by atoms with E-state index in [9.17, 15) is 0 Å². The summed E-state index contributed by atoms with van der Waals surface area (Å²) in [6.07, 6.45) is 3.71. The molecule has 1 aromatic carbocycles. The fourth-order valence-corrected chi connectivity index (χ4v) is 2.23. The molecule has 0 amide bonds.